The Kier molecular flexibility index (Phi) is 8.35. The first-order chi connectivity index (χ1) is 15.8. The first-order valence-electron chi connectivity index (χ1n) is 10.4. The summed E-state index contributed by atoms with van der Waals surface area (Å²) in [4.78, 5) is 25.0. The van der Waals surface area contributed by atoms with Crippen LogP contribution in [0.25, 0.3) is 0 Å². The zero-order valence-electron chi connectivity index (χ0n) is 18.9. The number of thioether (sulfide) groups is 1. The molecule has 0 aliphatic carbocycles. The van der Waals surface area contributed by atoms with Crippen LogP contribution < -0.4 is 15.4 Å². The van der Waals surface area contributed by atoms with E-state index in [2.05, 4.69) is 20.8 Å². The van der Waals surface area contributed by atoms with E-state index in [-0.39, 0.29) is 23.6 Å². The van der Waals surface area contributed by atoms with Crippen LogP contribution in [0.15, 0.2) is 47.6 Å². The van der Waals surface area contributed by atoms with Gasteiger partial charge in [0.25, 0.3) is 5.91 Å². The molecule has 0 saturated carbocycles. The number of methoxy groups -OCH3 is 1. The van der Waals surface area contributed by atoms with E-state index in [0.717, 1.165) is 11.3 Å². The van der Waals surface area contributed by atoms with Gasteiger partial charge in [0.05, 0.1) is 18.9 Å². The van der Waals surface area contributed by atoms with Crippen LogP contribution in [0.5, 0.6) is 5.75 Å². The molecule has 2 aromatic carbocycles. The summed E-state index contributed by atoms with van der Waals surface area (Å²) in [6.07, 6.45) is 0. The molecule has 0 aliphatic heterocycles. The van der Waals surface area contributed by atoms with Crippen molar-refractivity contribution in [2.45, 2.75) is 38.5 Å². The number of carbonyl (C=O) groups excluding carboxylic acids is 2. The standard InChI is InChI=1S/C23H26ClN5O3S/c1-5-29-21(15(3)25-22(31)16-6-9-18(32-4)10-7-16)27-28-23(29)33-13-20(30)26-19-11-8-17(24)12-14(19)2/h6-12,15H,5,13H2,1-4H3,(H,25,31)(H,26,30)/t15-/m1/s1. The Morgan fingerprint density at radius 1 is 1.18 bits per heavy atom. The second-order valence-corrected chi connectivity index (χ2v) is 8.68. The Labute approximate surface area is 202 Å². The van der Waals surface area contributed by atoms with Gasteiger partial charge >= 0.3 is 0 Å². The minimum Gasteiger partial charge on any atom is -0.497 e. The van der Waals surface area contributed by atoms with Crippen LogP contribution >= 0.6 is 23.4 Å². The number of carbonyl (C=O) groups is 2. The van der Waals surface area contributed by atoms with Crippen molar-refractivity contribution in [3.8, 4) is 5.75 Å². The number of ether oxygens (including phenoxy) is 1. The fourth-order valence-electron chi connectivity index (χ4n) is 3.20. The molecule has 1 aromatic heterocycles. The fraction of sp³-hybridized carbons (Fsp3) is 0.304. The third-order valence-electron chi connectivity index (χ3n) is 4.94. The molecule has 3 aromatic rings. The molecule has 0 fully saturated rings. The van der Waals surface area contributed by atoms with E-state index in [4.69, 9.17) is 16.3 Å². The quantitative estimate of drug-likeness (QED) is 0.431. The first kappa shape index (κ1) is 24.6. The van der Waals surface area contributed by atoms with Crippen molar-refractivity contribution < 1.29 is 14.3 Å². The molecule has 0 spiro atoms. The van der Waals surface area contributed by atoms with Crippen molar-refractivity contribution in [3.05, 3.63) is 64.4 Å². The highest BCUT2D eigenvalue weighted by atomic mass is 35.5. The topological polar surface area (TPSA) is 98.1 Å². The zero-order chi connectivity index (χ0) is 24.0. The van der Waals surface area contributed by atoms with Gasteiger partial charge in [-0.15, -0.1) is 10.2 Å². The Bertz CT molecular complexity index is 1130. The average molecular weight is 488 g/mol. The number of aromatic nitrogens is 3. The van der Waals surface area contributed by atoms with Gasteiger partial charge in [0.2, 0.25) is 5.91 Å². The molecule has 10 heteroatoms. The molecule has 0 unspecified atom stereocenters. The van der Waals surface area contributed by atoms with Crippen molar-refractivity contribution in [2.75, 3.05) is 18.2 Å². The van der Waals surface area contributed by atoms with Gasteiger partial charge < -0.3 is 19.9 Å². The van der Waals surface area contributed by atoms with Gasteiger partial charge in [-0.05, 0) is 68.8 Å². The predicted molar refractivity (Wildman–Crippen MR) is 130 cm³/mol. The van der Waals surface area contributed by atoms with E-state index < -0.39 is 0 Å². The number of amides is 2. The highest BCUT2D eigenvalue weighted by Crippen LogP contribution is 2.23. The molecule has 174 valence electrons. The van der Waals surface area contributed by atoms with Crippen molar-refractivity contribution in [1.29, 1.82) is 0 Å². The number of nitrogens with zero attached hydrogens (tertiary/aromatic N) is 3. The Morgan fingerprint density at radius 3 is 2.55 bits per heavy atom. The molecule has 2 N–H and O–H groups in total. The number of halogens is 1. The molecule has 0 bridgehead atoms. The Balaban J connectivity index is 1.62. The molecule has 33 heavy (non-hydrogen) atoms. The van der Waals surface area contributed by atoms with Crippen molar-refractivity contribution in [3.63, 3.8) is 0 Å². The maximum Gasteiger partial charge on any atom is 0.251 e. The molecule has 0 saturated heterocycles. The SMILES string of the molecule is CCn1c(SCC(=O)Nc2ccc(Cl)cc2C)nnc1[C@@H](C)NC(=O)c1ccc(OC)cc1. The fourth-order valence-corrected chi connectivity index (χ4v) is 4.23. The largest absolute Gasteiger partial charge is 0.497 e. The van der Waals surface area contributed by atoms with Crippen LogP contribution in [0.2, 0.25) is 5.02 Å². The highest BCUT2D eigenvalue weighted by Gasteiger charge is 2.20. The minimum absolute atomic E-state index is 0.154. The lowest BCUT2D eigenvalue weighted by Crippen LogP contribution is -2.28. The van der Waals surface area contributed by atoms with Crippen LogP contribution in [0.4, 0.5) is 5.69 Å². The molecule has 8 nitrogen and oxygen atoms in total. The zero-order valence-corrected chi connectivity index (χ0v) is 20.5. The second kappa shape index (κ2) is 11.2. The molecular weight excluding hydrogens is 462 g/mol. The summed E-state index contributed by atoms with van der Waals surface area (Å²) < 4.78 is 7.02. The lowest BCUT2D eigenvalue weighted by molar-refractivity contribution is -0.113. The average Bonchev–Trinajstić information content (AvgIpc) is 3.22. The number of hydrogen-bond acceptors (Lipinski definition) is 6. The second-order valence-electron chi connectivity index (χ2n) is 7.30. The van der Waals surface area contributed by atoms with Gasteiger partial charge in [-0.25, -0.2) is 0 Å². The lowest BCUT2D eigenvalue weighted by Gasteiger charge is -2.15. The smallest absolute Gasteiger partial charge is 0.251 e. The van der Waals surface area contributed by atoms with Gasteiger partial charge in [-0.1, -0.05) is 23.4 Å². The van der Waals surface area contributed by atoms with E-state index in [9.17, 15) is 9.59 Å². The van der Waals surface area contributed by atoms with Crippen molar-refractivity contribution in [1.82, 2.24) is 20.1 Å². The van der Waals surface area contributed by atoms with Gasteiger partial charge in [-0.3, -0.25) is 9.59 Å². The van der Waals surface area contributed by atoms with E-state index in [1.165, 1.54) is 11.8 Å². The summed E-state index contributed by atoms with van der Waals surface area (Å²) in [6.45, 7) is 6.30. The predicted octanol–water partition coefficient (Wildman–Crippen LogP) is 4.49. The Morgan fingerprint density at radius 2 is 1.91 bits per heavy atom. The molecule has 1 atom stereocenters. The third kappa shape index (κ3) is 6.27. The molecule has 3 rings (SSSR count). The molecule has 2 amide bonds. The molecule has 0 radical (unpaired) electrons. The third-order valence-corrected chi connectivity index (χ3v) is 6.15. The number of rotatable bonds is 9. The summed E-state index contributed by atoms with van der Waals surface area (Å²) in [6, 6.07) is 11.8. The van der Waals surface area contributed by atoms with Crippen LogP contribution in [-0.4, -0.2) is 39.4 Å². The summed E-state index contributed by atoms with van der Waals surface area (Å²) in [7, 11) is 1.58. The summed E-state index contributed by atoms with van der Waals surface area (Å²) in [5, 5.41) is 15.6. The Hall–Kier alpha value is -3.04. The summed E-state index contributed by atoms with van der Waals surface area (Å²) >= 11 is 7.26. The summed E-state index contributed by atoms with van der Waals surface area (Å²) in [5.41, 5.74) is 2.13. The van der Waals surface area contributed by atoms with Crippen molar-refractivity contribution >= 4 is 40.9 Å². The van der Waals surface area contributed by atoms with E-state index in [1.807, 2.05) is 25.3 Å². The van der Waals surface area contributed by atoms with Gasteiger partial charge in [0, 0.05) is 22.8 Å². The normalized spacial score (nSPS) is 11.7. The number of aryl methyl sites for hydroxylation is 1. The first-order valence-corrected chi connectivity index (χ1v) is 11.8. The van der Waals surface area contributed by atoms with Crippen LogP contribution in [0.1, 0.15) is 41.6 Å². The highest BCUT2D eigenvalue weighted by molar-refractivity contribution is 7.99. The lowest BCUT2D eigenvalue weighted by atomic mass is 10.2. The van der Waals surface area contributed by atoms with E-state index in [1.54, 1.807) is 49.6 Å². The van der Waals surface area contributed by atoms with E-state index >= 15 is 0 Å². The minimum atomic E-state index is -0.369. The maximum absolute atomic E-state index is 12.6. The van der Waals surface area contributed by atoms with E-state index in [0.29, 0.717) is 33.9 Å². The van der Waals surface area contributed by atoms with Crippen LogP contribution in [0, 0.1) is 6.92 Å². The number of benzene rings is 2. The summed E-state index contributed by atoms with van der Waals surface area (Å²) in [5.74, 6) is 1.10. The van der Waals surface area contributed by atoms with Crippen LogP contribution in [0.3, 0.4) is 0 Å². The maximum atomic E-state index is 12.6. The van der Waals surface area contributed by atoms with Crippen LogP contribution in [-0.2, 0) is 11.3 Å². The monoisotopic (exact) mass is 487 g/mol. The molecular formula is C23H26ClN5O3S. The number of anilines is 1. The van der Waals surface area contributed by atoms with Gasteiger partial charge in [0.1, 0.15) is 5.75 Å². The van der Waals surface area contributed by atoms with Gasteiger partial charge in [0.15, 0.2) is 11.0 Å². The number of nitrogens with one attached hydrogen (secondary N) is 2. The number of hydrogen-bond donors (Lipinski definition) is 2. The molecule has 0 aliphatic rings. The van der Waals surface area contributed by atoms with Crippen molar-refractivity contribution in [2.24, 2.45) is 0 Å². The van der Waals surface area contributed by atoms with Gasteiger partial charge in [-0.2, -0.15) is 0 Å². The molecule has 1 heterocycles.